The molecule has 0 atom stereocenters. The molecule has 0 saturated heterocycles. The Morgan fingerprint density at radius 1 is 0.429 bits per heavy atom. The van der Waals surface area contributed by atoms with Crippen LogP contribution in [-0.4, -0.2) is 77.0 Å². The predicted octanol–water partition coefficient (Wildman–Crippen LogP) is 7.38. The molecule has 3 aliphatic rings. The second-order valence-electron chi connectivity index (χ2n) is 14.2. The maximum Gasteiger partial charge on any atom is 0.346 e. The number of carbonyl (C=O) groups excluding carboxylic acids is 11. The van der Waals surface area contributed by atoms with Gasteiger partial charge in [-0.3, -0.25) is 4.79 Å². The lowest BCUT2D eigenvalue weighted by Crippen LogP contribution is -2.05. The van der Waals surface area contributed by atoms with Crippen molar-refractivity contribution in [1.82, 2.24) is 0 Å². The third-order valence-electron chi connectivity index (χ3n) is 9.87. The Morgan fingerprint density at radius 3 is 1.16 bits per heavy atom. The number of hydrogen-bond acceptors (Lipinski definition) is 19. The summed E-state index contributed by atoms with van der Waals surface area (Å²) >= 11 is 0. The summed E-state index contributed by atoms with van der Waals surface area (Å²) in [7, 11) is 0. The van der Waals surface area contributed by atoms with Crippen molar-refractivity contribution in [1.29, 1.82) is 0 Å². The normalized spacial score (nSPS) is 12.0. The molecule has 1 N–H and O–H groups in total. The molecule has 3 heterocycles. The average Bonchev–Trinajstić information content (AvgIpc) is 3.93. The summed E-state index contributed by atoms with van der Waals surface area (Å²) in [5, 5.41) is 8.63. The van der Waals surface area contributed by atoms with Gasteiger partial charge in [-0.15, -0.1) is 0 Å². The molecular weight excluding hydrogens is 913 g/mol. The zero-order chi connectivity index (χ0) is 50.5. The Morgan fingerprint density at radius 2 is 0.771 bits per heavy atom. The number of benzene rings is 6. The van der Waals surface area contributed by atoms with E-state index in [1.807, 2.05) is 24.3 Å². The van der Waals surface area contributed by atoms with Gasteiger partial charge in [-0.1, -0.05) is 42.5 Å². The predicted molar refractivity (Wildman–Crippen MR) is 237 cm³/mol. The largest absolute Gasteiger partial charge is 0.478 e. The highest BCUT2D eigenvalue weighted by Gasteiger charge is 2.33. The quantitative estimate of drug-likeness (QED) is 0.0369. The van der Waals surface area contributed by atoms with E-state index >= 15 is 0 Å². The van der Waals surface area contributed by atoms with E-state index in [2.05, 4.69) is 34.2 Å². The van der Waals surface area contributed by atoms with Gasteiger partial charge < -0.3 is 19.3 Å². The number of ketones is 1. The summed E-state index contributed by atoms with van der Waals surface area (Å²) < 4.78 is 13.2. The molecule has 0 bridgehead atoms. The van der Waals surface area contributed by atoms with Crippen molar-refractivity contribution in [3.63, 3.8) is 0 Å². The molecule has 6 aromatic carbocycles. The SMILES string of the molecule is Cc1ccc(N=C=O)cc1N=C=O.O=C(O)c1ccc2c(c1)C(=O)OC2=O.O=C(c1ccc2c(c1)C(=O)OC2=O)c1ccc2c(c1)C(=O)OC2=O.O=C=Nc1ccc(Cc2ccc(N=C=O)cc2)cc1. The second-order valence-corrected chi connectivity index (χ2v) is 14.2. The molecule has 0 spiro atoms. The van der Waals surface area contributed by atoms with Crippen LogP contribution >= 0.6 is 0 Å². The van der Waals surface area contributed by atoms with E-state index in [9.17, 15) is 57.5 Å². The van der Waals surface area contributed by atoms with E-state index in [4.69, 9.17) is 5.11 Å². The Bertz CT molecular complexity index is 3270. The van der Waals surface area contributed by atoms with Gasteiger partial charge in [0, 0.05) is 11.1 Å². The highest BCUT2D eigenvalue weighted by Crippen LogP contribution is 2.27. The smallest absolute Gasteiger partial charge is 0.346 e. The monoisotopic (exact) mass is 938 g/mol. The van der Waals surface area contributed by atoms with Crippen molar-refractivity contribution in [2.24, 2.45) is 20.0 Å². The fraction of sp³-hybridized carbons (Fsp3) is 0.0400. The number of carboxylic acids is 1. The minimum absolute atomic E-state index is 0.00917. The zero-order valence-electron chi connectivity index (χ0n) is 35.6. The van der Waals surface area contributed by atoms with Gasteiger partial charge in [0.1, 0.15) is 0 Å². The number of carbonyl (C=O) groups is 8. The van der Waals surface area contributed by atoms with Gasteiger partial charge >= 0.3 is 41.8 Å². The number of ether oxygens (including phenoxy) is 3. The van der Waals surface area contributed by atoms with Crippen molar-refractivity contribution in [2.75, 3.05) is 0 Å². The van der Waals surface area contributed by atoms with Crippen LogP contribution in [0.1, 0.15) is 105 Å². The lowest BCUT2D eigenvalue weighted by Gasteiger charge is -2.03. The molecule has 0 amide bonds. The molecule has 0 radical (unpaired) electrons. The first-order chi connectivity index (χ1) is 33.6. The third-order valence-corrected chi connectivity index (χ3v) is 9.87. The van der Waals surface area contributed by atoms with Gasteiger partial charge in [0.2, 0.25) is 24.3 Å². The van der Waals surface area contributed by atoms with Crippen molar-refractivity contribution < 1.29 is 76.9 Å². The number of aromatic carboxylic acids is 1. The van der Waals surface area contributed by atoms with Crippen molar-refractivity contribution in [3.05, 3.63) is 188 Å². The van der Waals surface area contributed by atoms with E-state index < -0.39 is 47.6 Å². The second kappa shape index (κ2) is 22.1. The number of esters is 6. The van der Waals surface area contributed by atoms with Crippen LogP contribution in [-0.2, 0) is 39.8 Å². The van der Waals surface area contributed by atoms with Crippen LogP contribution in [0, 0.1) is 6.92 Å². The lowest BCUT2D eigenvalue weighted by atomic mass is 9.96. The first-order valence-corrected chi connectivity index (χ1v) is 19.7. The van der Waals surface area contributed by atoms with Gasteiger partial charge in [-0.05, 0) is 109 Å². The van der Waals surface area contributed by atoms with E-state index in [0.29, 0.717) is 22.7 Å². The number of carboxylic acid groups (broad SMARTS) is 1. The van der Waals surface area contributed by atoms with Crippen LogP contribution in [0.15, 0.2) is 141 Å². The summed E-state index contributed by atoms with van der Waals surface area (Å²) in [5.74, 6) is -6.30. The van der Waals surface area contributed by atoms with Crippen LogP contribution in [0.25, 0.3) is 0 Å². The summed E-state index contributed by atoms with van der Waals surface area (Å²) in [5.41, 5.74) is 5.72. The summed E-state index contributed by atoms with van der Waals surface area (Å²) in [6.07, 6.45) is 6.61. The number of nitrogens with zero attached hydrogens (tertiary/aromatic N) is 4. The van der Waals surface area contributed by atoms with E-state index in [1.54, 1.807) is 43.3 Å². The maximum absolute atomic E-state index is 12.5. The van der Waals surface area contributed by atoms with Crippen molar-refractivity contribution in [3.8, 4) is 0 Å². The summed E-state index contributed by atoms with van der Waals surface area (Å²) in [6.45, 7) is 1.80. The number of aryl methyl sites for hydroxylation is 1. The molecule has 0 saturated carbocycles. The average molecular weight is 939 g/mol. The molecule has 342 valence electrons. The molecule has 3 aliphatic heterocycles. The Labute approximate surface area is 391 Å². The molecule has 70 heavy (non-hydrogen) atoms. The summed E-state index contributed by atoms with van der Waals surface area (Å²) in [4.78, 5) is 145. The molecule has 20 heteroatoms. The topological polar surface area (TPSA) is 302 Å². The minimum atomic E-state index is -1.15. The molecule has 0 unspecified atom stereocenters. The number of cyclic esters (lactones) is 6. The summed E-state index contributed by atoms with van der Waals surface area (Å²) in [6, 6.07) is 31.2. The van der Waals surface area contributed by atoms with Gasteiger partial charge in [0.05, 0.1) is 61.7 Å². The molecule has 0 aromatic heterocycles. The zero-order valence-corrected chi connectivity index (χ0v) is 35.6. The van der Waals surface area contributed by atoms with Gasteiger partial charge in [0.25, 0.3) is 0 Å². The molecule has 0 aliphatic carbocycles. The van der Waals surface area contributed by atoms with Crippen molar-refractivity contribution >= 4 is 94.6 Å². The van der Waals surface area contributed by atoms with E-state index in [-0.39, 0.29) is 50.1 Å². The number of fused-ring (bicyclic) bond motifs is 3. The van der Waals surface area contributed by atoms with Gasteiger partial charge in [-0.2, -0.15) is 20.0 Å². The van der Waals surface area contributed by atoms with Gasteiger partial charge in [-0.25, -0.2) is 52.7 Å². The molecule has 9 rings (SSSR count). The highest BCUT2D eigenvalue weighted by molar-refractivity contribution is 6.19. The van der Waals surface area contributed by atoms with Crippen LogP contribution in [0.5, 0.6) is 0 Å². The first-order valence-electron chi connectivity index (χ1n) is 19.7. The number of rotatable bonds is 9. The third kappa shape index (κ3) is 11.6. The number of hydrogen-bond donors (Lipinski definition) is 1. The van der Waals surface area contributed by atoms with E-state index in [0.717, 1.165) is 29.2 Å². The van der Waals surface area contributed by atoms with Crippen molar-refractivity contribution in [2.45, 2.75) is 13.3 Å². The Balaban J connectivity index is 0.000000158. The first kappa shape index (κ1) is 48.8. The van der Waals surface area contributed by atoms with Gasteiger partial charge in [0.15, 0.2) is 5.78 Å². The van der Waals surface area contributed by atoms with Crippen LogP contribution < -0.4 is 0 Å². The van der Waals surface area contributed by atoms with Crippen LogP contribution in [0.4, 0.5) is 22.7 Å². The molecule has 20 nitrogen and oxygen atoms in total. The number of isocyanates is 4. The Kier molecular flexibility index (Phi) is 15.4. The molecular formula is C50H26N4O16. The lowest BCUT2D eigenvalue weighted by molar-refractivity contribution is 0.0425. The number of aliphatic imine (C=N–C) groups is 4. The highest BCUT2D eigenvalue weighted by atomic mass is 16.6. The Hall–Kier alpha value is -10.6. The minimum Gasteiger partial charge on any atom is -0.478 e. The van der Waals surface area contributed by atoms with Crippen LogP contribution in [0.3, 0.4) is 0 Å². The maximum atomic E-state index is 12.5. The standard InChI is InChI=1S/C17H6O7.C15H10N2O2.C9H6N2O2.C9H4O5/c18-13(7-1-3-9-11(5-7)16(21)23-14(9)19)8-2-4-10-12(6-8)17(22)24-15(10)20;18-10-16-14-5-1-12(2-6-14)9-13-3-7-15(8-4-13)17-11-19;1-7-2-3-8(10-5-12)4-9(7)11-6-13;10-7(11)4-1-2-5-6(3-4)9(13)14-8(5)12/h1-6H;1-8H,9H2;2-4H,1H3;1-3H,(H,10,11). The van der Waals surface area contributed by atoms with Crippen LogP contribution in [0.2, 0.25) is 0 Å². The fourth-order valence-electron chi connectivity index (χ4n) is 6.45. The van der Waals surface area contributed by atoms with E-state index in [1.165, 1.54) is 78.9 Å². The fourth-order valence-corrected chi connectivity index (χ4v) is 6.45. The molecule has 6 aromatic rings. The molecule has 0 fully saturated rings.